The first kappa shape index (κ1) is 24.2. The molecule has 1 aromatic carbocycles. The quantitative estimate of drug-likeness (QED) is 0.383. The highest BCUT2D eigenvalue weighted by Crippen LogP contribution is 2.34. The van der Waals surface area contributed by atoms with E-state index >= 15 is 0 Å². The molecule has 2 N–H and O–H groups in total. The van der Waals surface area contributed by atoms with Crippen molar-refractivity contribution in [2.24, 2.45) is 0 Å². The number of aliphatic hydroxyl groups excluding tert-OH is 1. The van der Waals surface area contributed by atoms with E-state index in [0.717, 1.165) is 42.4 Å². The molecule has 36 heavy (non-hydrogen) atoms. The number of aromatic amines is 1. The number of benzene rings is 1. The zero-order chi connectivity index (χ0) is 25.2. The van der Waals surface area contributed by atoms with E-state index in [9.17, 15) is 8.78 Å². The molecule has 0 amide bonds. The number of pyridine rings is 1. The van der Waals surface area contributed by atoms with Crippen LogP contribution in [0.4, 0.5) is 8.78 Å². The summed E-state index contributed by atoms with van der Waals surface area (Å²) in [7, 11) is 2.67. The van der Waals surface area contributed by atoms with E-state index in [1.807, 2.05) is 23.1 Å². The van der Waals surface area contributed by atoms with Crippen LogP contribution in [-0.4, -0.2) is 70.2 Å². The minimum Gasteiger partial charge on any atom is -0.494 e. The van der Waals surface area contributed by atoms with Crippen molar-refractivity contribution < 1.29 is 23.4 Å². The van der Waals surface area contributed by atoms with Crippen molar-refractivity contribution in [1.29, 1.82) is 0 Å². The summed E-state index contributed by atoms with van der Waals surface area (Å²) in [5, 5.41) is 14.5. The van der Waals surface area contributed by atoms with E-state index in [2.05, 4.69) is 20.0 Å². The van der Waals surface area contributed by atoms with E-state index < -0.39 is 11.6 Å². The smallest absolute Gasteiger partial charge is 0.171 e. The summed E-state index contributed by atoms with van der Waals surface area (Å²) in [4.78, 5) is 9.88. The average molecular weight is 498 g/mol. The number of rotatable bonds is 8. The van der Waals surface area contributed by atoms with Gasteiger partial charge in [-0.25, -0.2) is 13.8 Å². The summed E-state index contributed by atoms with van der Waals surface area (Å²) in [5.41, 5.74) is 3.01. The van der Waals surface area contributed by atoms with Crippen molar-refractivity contribution >= 4 is 11.0 Å². The Labute approximate surface area is 207 Å². The van der Waals surface area contributed by atoms with E-state index in [4.69, 9.17) is 14.6 Å². The number of piperidine rings is 1. The zero-order valence-electron chi connectivity index (χ0n) is 20.3. The number of β-amino-alcohol motifs (C(OH)–C–C–N with tert-alkyl or cyclic N) is 1. The first-order valence-corrected chi connectivity index (χ1v) is 11.9. The Balaban J connectivity index is 1.42. The number of hydrogen-bond acceptors (Lipinski definition) is 6. The molecule has 1 fully saturated rings. The Morgan fingerprint density at radius 1 is 1.06 bits per heavy atom. The molecule has 5 rings (SSSR count). The molecule has 0 unspecified atom stereocenters. The van der Waals surface area contributed by atoms with E-state index in [1.165, 1.54) is 20.3 Å². The summed E-state index contributed by atoms with van der Waals surface area (Å²) in [6.07, 6.45) is 9.28. The minimum absolute atomic E-state index is 0.00202. The Morgan fingerprint density at radius 2 is 1.78 bits per heavy atom. The van der Waals surface area contributed by atoms with Gasteiger partial charge in [0.05, 0.1) is 33.1 Å². The molecule has 1 aliphatic heterocycles. The van der Waals surface area contributed by atoms with Crippen LogP contribution in [0.15, 0.2) is 36.9 Å². The highest BCUT2D eigenvalue weighted by molar-refractivity contribution is 5.84. The monoisotopic (exact) mass is 497 g/mol. The van der Waals surface area contributed by atoms with Crippen LogP contribution in [-0.2, 0) is 6.42 Å². The lowest BCUT2D eigenvalue weighted by molar-refractivity contribution is 0.146. The molecule has 0 aliphatic carbocycles. The fourth-order valence-corrected chi connectivity index (χ4v) is 4.88. The van der Waals surface area contributed by atoms with Gasteiger partial charge in [0.2, 0.25) is 0 Å². The second-order valence-corrected chi connectivity index (χ2v) is 9.00. The summed E-state index contributed by atoms with van der Waals surface area (Å²) in [6, 6.07) is 3.48. The summed E-state index contributed by atoms with van der Waals surface area (Å²) in [6.45, 7) is 2.75. The number of H-pyrrole nitrogens is 1. The van der Waals surface area contributed by atoms with Gasteiger partial charge in [-0.3, -0.25) is 4.68 Å². The lowest BCUT2D eigenvalue weighted by Gasteiger charge is -2.31. The maximum atomic E-state index is 15.0. The molecular weight excluding hydrogens is 468 g/mol. The summed E-state index contributed by atoms with van der Waals surface area (Å²) < 4.78 is 42.1. The zero-order valence-corrected chi connectivity index (χ0v) is 20.3. The normalized spacial score (nSPS) is 15.0. The largest absolute Gasteiger partial charge is 0.494 e. The second-order valence-electron chi connectivity index (χ2n) is 9.00. The van der Waals surface area contributed by atoms with Crippen LogP contribution < -0.4 is 9.47 Å². The van der Waals surface area contributed by atoms with Gasteiger partial charge in [0.25, 0.3) is 0 Å². The second kappa shape index (κ2) is 10.2. The molecule has 10 heteroatoms. The van der Waals surface area contributed by atoms with Crippen LogP contribution in [0.2, 0.25) is 0 Å². The van der Waals surface area contributed by atoms with Gasteiger partial charge < -0.3 is 24.5 Å². The van der Waals surface area contributed by atoms with Gasteiger partial charge in [0, 0.05) is 72.8 Å². The predicted molar refractivity (Wildman–Crippen MR) is 131 cm³/mol. The highest BCUT2D eigenvalue weighted by atomic mass is 19.1. The van der Waals surface area contributed by atoms with Crippen molar-refractivity contribution in [1.82, 2.24) is 24.6 Å². The number of ether oxygens (including phenoxy) is 2. The Bertz CT molecular complexity index is 1330. The van der Waals surface area contributed by atoms with Gasteiger partial charge in [-0.15, -0.1) is 0 Å². The van der Waals surface area contributed by atoms with Gasteiger partial charge in [0.15, 0.2) is 23.1 Å². The van der Waals surface area contributed by atoms with Crippen LogP contribution in [0.1, 0.15) is 30.0 Å². The molecule has 8 nitrogen and oxygen atoms in total. The number of fused-ring (bicyclic) bond motifs is 1. The van der Waals surface area contributed by atoms with Crippen LogP contribution in [0.5, 0.6) is 11.5 Å². The number of nitrogens with one attached hydrogen (secondary N) is 1. The van der Waals surface area contributed by atoms with Crippen LogP contribution in [0.3, 0.4) is 0 Å². The number of nitrogens with zero attached hydrogens (tertiary/aromatic N) is 4. The van der Waals surface area contributed by atoms with Crippen molar-refractivity contribution in [3.63, 3.8) is 0 Å². The fraction of sp³-hybridized carbons (Fsp3) is 0.385. The first-order valence-electron chi connectivity index (χ1n) is 11.9. The molecule has 0 atom stereocenters. The van der Waals surface area contributed by atoms with E-state index in [0.29, 0.717) is 23.8 Å². The average Bonchev–Trinajstić information content (AvgIpc) is 3.55. The van der Waals surface area contributed by atoms with Crippen LogP contribution in [0, 0.1) is 11.6 Å². The molecule has 0 radical (unpaired) electrons. The Hall–Kier alpha value is -3.50. The van der Waals surface area contributed by atoms with Crippen molar-refractivity contribution in [2.45, 2.75) is 25.3 Å². The predicted octanol–water partition coefficient (Wildman–Crippen LogP) is 3.94. The topological polar surface area (TPSA) is 88.4 Å². The van der Waals surface area contributed by atoms with Gasteiger partial charge in [-0.2, -0.15) is 5.10 Å². The number of hydrogen-bond donors (Lipinski definition) is 2. The van der Waals surface area contributed by atoms with Gasteiger partial charge in [-0.05, 0) is 24.5 Å². The molecule has 0 saturated carbocycles. The first-order chi connectivity index (χ1) is 17.5. The third-order valence-corrected chi connectivity index (χ3v) is 6.93. The van der Waals surface area contributed by atoms with Gasteiger partial charge in [0.1, 0.15) is 5.65 Å². The van der Waals surface area contributed by atoms with Crippen molar-refractivity contribution in [2.75, 3.05) is 40.5 Å². The molecule has 4 aromatic rings. The third kappa shape index (κ3) is 4.54. The summed E-state index contributed by atoms with van der Waals surface area (Å²) >= 11 is 0. The molecule has 0 bridgehead atoms. The summed E-state index contributed by atoms with van der Waals surface area (Å²) in [5.74, 6) is -1.64. The molecule has 4 heterocycles. The number of aliphatic hydroxyl groups is 1. The maximum Gasteiger partial charge on any atom is 0.171 e. The van der Waals surface area contributed by atoms with Gasteiger partial charge in [-0.1, -0.05) is 0 Å². The molecule has 1 aliphatic rings. The molecule has 1 saturated heterocycles. The molecular formula is C26H29F2N5O3. The number of aromatic nitrogens is 4. The Kier molecular flexibility index (Phi) is 6.88. The van der Waals surface area contributed by atoms with Crippen molar-refractivity contribution in [3.05, 3.63) is 59.7 Å². The van der Waals surface area contributed by atoms with Crippen molar-refractivity contribution in [3.8, 4) is 22.6 Å². The molecule has 3 aromatic heterocycles. The number of methoxy groups -OCH3 is 2. The number of halogens is 2. The lowest BCUT2D eigenvalue weighted by atomic mass is 10.0. The van der Waals surface area contributed by atoms with E-state index in [1.54, 1.807) is 12.4 Å². The molecule has 190 valence electrons. The third-order valence-electron chi connectivity index (χ3n) is 6.93. The maximum absolute atomic E-state index is 15.0. The van der Waals surface area contributed by atoms with E-state index in [-0.39, 0.29) is 30.1 Å². The SMILES string of the molecule is COc1cc(OC)c(F)c(Cc2c[nH]c3ncc(-c4cnn(C5CCN(CCO)CC5)c4)cc23)c1F. The highest BCUT2D eigenvalue weighted by Gasteiger charge is 2.23. The standard InChI is InChI=1S/C26H29F2N5O3/c1-35-22-11-23(36-2)25(28)21(24(22)27)10-17-13-30-26-20(17)9-16(12-29-26)18-14-31-33(15-18)19-3-5-32(6-4-19)7-8-34/h9,11-15,19,34H,3-8,10H2,1-2H3,(H,29,30). The van der Waals surface area contributed by atoms with Crippen LogP contribution >= 0.6 is 0 Å². The van der Waals surface area contributed by atoms with Gasteiger partial charge >= 0.3 is 0 Å². The van der Waals surface area contributed by atoms with Crippen LogP contribution in [0.25, 0.3) is 22.2 Å². The minimum atomic E-state index is -0.749. The Morgan fingerprint density at radius 3 is 2.44 bits per heavy atom. The lowest BCUT2D eigenvalue weighted by Crippen LogP contribution is -2.36. The molecule has 0 spiro atoms. The number of likely N-dealkylation sites (tertiary alicyclic amines) is 1. The fourth-order valence-electron chi connectivity index (χ4n) is 4.88.